The van der Waals surface area contributed by atoms with E-state index < -0.39 is 17.8 Å². The van der Waals surface area contributed by atoms with Crippen LogP contribution in [0.3, 0.4) is 0 Å². The van der Waals surface area contributed by atoms with Gasteiger partial charge in [0, 0.05) is 37.7 Å². The maximum absolute atomic E-state index is 12.7. The molecule has 1 amide bonds. The number of halogens is 4. The van der Waals surface area contributed by atoms with Crippen molar-refractivity contribution >= 4 is 17.7 Å². The quantitative estimate of drug-likeness (QED) is 0.411. The number of rotatable bonds is 5. The van der Waals surface area contributed by atoms with E-state index in [9.17, 15) is 18.0 Å². The molecular formula is C25H22ClF3N2O3. The van der Waals surface area contributed by atoms with Gasteiger partial charge in [-0.3, -0.25) is 4.90 Å². The molecule has 5 nitrogen and oxygen atoms in total. The summed E-state index contributed by atoms with van der Waals surface area (Å²) in [7, 11) is 0. The molecule has 0 spiro atoms. The number of benzene rings is 3. The number of nitrogens with zero attached hydrogens (tertiary/aromatic N) is 2. The summed E-state index contributed by atoms with van der Waals surface area (Å²) in [6.45, 7) is 3.37. The standard InChI is InChI=1S/C25H22ClF3N2O3/c26-20-5-1-18(2-6-20)17-30-13-15-31(16-14-30)24(32)34-23-11-9-22(10-12-23)33-21-7-3-19(4-8-21)25(27,28)29/h1-12H,13-17H2. The van der Waals surface area contributed by atoms with Crippen LogP contribution in [0, 0.1) is 0 Å². The predicted octanol–water partition coefficient (Wildman–Crippen LogP) is 6.47. The molecule has 0 N–H and O–H groups in total. The zero-order chi connectivity index (χ0) is 24.1. The topological polar surface area (TPSA) is 42.0 Å². The molecule has 0 aliphatic carbocycles. The van der Waals surface area contributed by atoms with Crippen molar-refractivity contribution in [2.24, 2.45) is 0 Å². The van der Waals surface area contributed by atoms with Gasteiger partial charge in [-0.2, -0.15) is 13.2 Å². The van der Waals surface area contributed by atoms with Gasteiger partial charge in [0.15, 0.2) is 0 Å². The first-order chi connectivity index (χ1) is 16.3. The van der Waals surface area contributed by atoms with Gasteiger partial charge >= 0.3 is 12.3 Å². The second-order valence-corrected chi connectivity index (χ2v) is 8.29. The number of carbonyl (C=O) groups is 1. The second kappa shape index (κ2) is 10.4. The van der Waals surface area contributed by atoms with E-state index in [1.54, 1.807) is 29.2 Å². The van der Waals surface area contributed by atoms with Crippen LogP contribution in [0.15, 0.2) is 72.8 Å². The van der Waals surface area contributed by atoms with E-state index in [0.717, 1.165) is 31.8 Å². The highest BCUT2D eigenvalue weighted by Gasteiger charge is 2.30. The monoisotopic (exact) mass is 490 g/mol. The number of hydrogen-bond acceptors (Lipinski definition) is 4. The Hall–Kier alpha value is -3.23. The van der Waals surface area contributed by atoms with Gasteiger partial charge in [-0.25, -0.2) is 4.79 Å². The van der Waals surface area contributed by atoms with Crippen LogP contribution in [0.4, 0.5) is 18.0 Å². The molecule has 0 atom stereocenters. The number of ether oxygens (including phenoxy) is 2. The largest absolute Gasteiger partial charge is 0.457 e. The third-order valence-corrected chi connectivity index (χ3v) is 5.65. The smallest absolute Gasteiger partial charge is 0.416 e. The van der Waals surface area contributed by atoms with Gasteiger partial charge in [0.05, 0.1) is 5.56 Å². The van der Waals surface area contributed by atoms with Crippen molar-refractivity contribution in [3.63, 3.8) is 0 Å². The fraction of sp³-hybridized carbons (Fsp3) is 0.240. The molecule has 1 saturated heterocycles. The van der Waals surface area contributed by atoms with E-state index in [0.29, 0.717) is 29.6 Å². The molecule has 34 heavy (non-hydrogen) atoms. The lowest BCUT2D eigenvalue weighted by Crippen LogP contribution is -2.49. The molecule has 1 aliphatic heterocycles. The van der Waals surface area contributed by atoms with Crippen molar-refractivity contribution in [3.05, 3.63) is 88.9 Å². The van der Waals surface area contributed by atoms with Gasteiger partial charge in [-0.1, -0.05) is 23.7 Å². The van der Waals surface area contributed by atoms with Gasteiger partial charge in [0.25, 0.3) is 0 Å². The van der Waals surface area contributed by atoms with Crippen molar-refractivity contribution in [2.45, 2.75) is 12.7 Å². The summed E-state index contributed by atoms with van der Waals surface area (Å²) in [4.78, 5) is 16.4. The lowest BCUT2D eigenvalue weighted by Gasteiger charge is -2.34. The Kier molecular flexibility index (Phi) is 7.29. The molecule has 0 unspecified atom stereocenters. The first kappa shape index (κ1) is 23.9. The highest BCUT2D eigenvalue weighted by atomic mass is 35.5. The van der Waals surface area contributed by atoms with E-state index in [-0.39, 0.29) is 5.75 Å². The molecule has 1 fully saturated rings. The normalized spacial score (nSPS) is 14.6. The highest BCUT2D eigenvalue weighted by Crippen LogP contribution is 2.31. The van der Waals surface area contributed by atoms with E-state index in [1.807, 2.05) is 24.3 Å². The lowest BCUT2D eigenvalue weighted by molar-refractivity contribution is -0.137. The van der Waals surface area contributed by atoms with Gasteiger partial charge < -0.3 is 14.4 Å². The number of carbonyl (C=O) groups excluding carboxylic acids is 1. The number of hydrogen-bond donors (Lipinski definition) is 0. The number of piperazine rings is 1. The van der Waals surface area contributed by atoms with Gasteiger partial charge in [-0.15, -0.1) is 0 Å². The maximum Gasteiger partial charge on any atom is 0.416 e. The molecule has 9 heteroatoms. The molecule has 1 heterocycles. The summed E-state index contributed by atoms with van der Waals surface area (Å²) in [5.74, 6) is 1.04. The Balaban J connectivity index is 1.25. The summed E-state index contributed by atoms with van der Waals surface area (Å²) in [5, 5.41) is 0.704. The average molecular weight is 491 g/mol. The maximum atomic E-state index is 12.7. The summed E-state index contributed by atoms with van der Waals surface area (Å²) < 4.78 is 49.0. The Morgan fingerprint density at radius 3 is 1.88 bits per heavy atom. The van der Waals surface area contributed by atoms with E-state index in [4.69, 9.17) is 21.1 Å². The zero-order valence-corrected chi connectivity index (χ0v) is 18.9. The Bertz CT molecular complexity index is 1100. The first-order valence-corrected chi connectivity index (χ1v) is 11.0. The number of amides is 1. The third-order valence-electron chi connectivity index (χ3n) is 5.40. The van der Waals surface area contributed by atoms with Crippen LogP contribution in [0.5, 0.6) is 17.2 Å². The Labute approximate surface area is 200 Å². The first-order valence-electron chi connectivity index (χ1n) is 10.6. The predicted molar refractivity (Wildman–Crippen MR) is 122 cm³/mol. The summed E-state index contributed by atoms with van der Waals surface area (Å²) in [6, 6.07) is 18.5. The van der Waals surface area contributed by atoms with Crippen LogP contribution < -0.4 is 9.47 Å². The molecule has 1 aliphatic rings. The van der Waals surface area contributed by atoms with Crippen LogP contribution in [-0.2, 0) is 12.7 Å². The lowest BCUT2D eigenvalue weighted by atomic mass is 10.2. The van der Waals surface area contributed by atoms with Gasteiger partial charge in [-0.05, 0) is 66.2 Å². The Morgan fingerprint density at radius 1 is 0.794 bits per heavy atom. The van der Waals surface area contributed by atoms with E-state index in [2.05, 4.69) is 4.90 Å². The minimum atomic E-state index is -4.40. The van der Waals surface area contributed by atoms with Crippen molar-refractivity contribution in [2.75, 3.05) is 26.2 Å². The Morgan fingerprint density at radius 2 is 1.32 bits per heavy atom. The van der Waals surface area contributed by atoms with Gasteiger partial charge in [0.1, 0.15) is 17.2 Å². The van der Waals surface area contributed by atoms with Crippen molar-refractivity contribution < 1.29 is 27.4 Å². The fourth-order valence-corrected chi connectivity index (χ4v) is 3.65. The summed E-state index contributed by atoms with van der Waals surface area (Å²) in [6.07, 6.45) is -4.82. The van der Waals surface area contributed by atoms with Crippen molar-refractivity contribution in [1.29, 1.82) is 0 Å². The molecule has 0 saturated carbocycles. The van der Waals surface area contributed by atoms with E-state index >= 15 is 0 Å². The average Bonchev–Trinajstić information content (AvgIpc) is 2.82. The van der Waals surface area contributed by atoms with Crippen molar-refractivity contribution in [1.82, 2.24) is 9.80 Å². The molecule has 0 bridgehead atoms. The minimum Gasteiger partial charge on any atom is -0.457 e. The fourth-order valence-electron chi connectivity index (χ4n) is 3.53. The summed E-state index contributed by atoms with van der Waals surface area (Å²) >= 11 is 5.93. The van der Waals surface area contributed by atoms with Crippen LogP contribution in [0.1, 0.15) is 11.1 Å². The van der Waals surface area contributed by atoms with Crippen LogP contribution in [0.2, 0.25) is 5.02 Å². The van der Waals surface area contributed by atoms with E-state index in [1.165, 1.54) is 17.7 Å². The summed E-state index contributed by atoms with van der Waals surface area (Å²) in [5.41, 5.74) is 0.423. The number of alkyl halides is 3. The molecule has 0 radical (unpaired) electrons. The molecule has 178 valence electrons. The highest BCUT2D eigenvalue weighted by molar-refractivity contribution is 6.30. The van der Waals surface area contributed by atoms with Crippen molar-refractivity contribution in [3.8, 4) is 17.2 Å². The molecule has 3 aromatic rings. The SMILES string of the molecule is O=C(Oc1ccc(Oc2ccc(C(F)(F)F)cc2)cc1)N1CCN(Cc2ccc(Cl)cc2)CC1. The van der Waals surface area contributed by atoms with Crippen LogP contribution in [-0.4, -0.2) is 42.1 Å². The molecular weight excluding hydrogens is 469 g/mol. The van der Waals surface area contributed by atoms with Crippen LogP contribution >= 0.6 is 11.6 Å². The zero-order valence-electron chi connectivity index (χ0n) is 18.1. The second-order valence-electron chi connectivity index (χ2n) is 7.85. The van der Waals surface area contributed by atoms with Gasteiger partial charge in [0.2, 0.25) is 0 Å². The molecule has 3 aromatic carbocycles. The van der Waals surface area contributed by atoms with Crippen LogP contribution in [0.25, 0.3) is 0 Å². The molecule has 4 rings (SSSR count). The molecule has 0 aromatic heterocycles. The minimum absolute atomic E-state index is 0.272. The third kappa shape index (κ3) is 6.42.